The first kappa shape index (κ1) is 14.3. The van der Waals surface area contributed by atoms with E-state index in [-0.39, 0.29) is 17.6 Å². The SMILES string of the molecule is CC(Oc1ccc([N+](=O)[O-])cc1)C(=O)NC1CCCC1. The lowest BCUT2D eigenvalue weighted by Gasteiger charge is -2.17. The summed E-state index contributed by atoms with van der Waals surface area (Å²) in [7, 11) is 0. The van der Waals surface area contributed by atoms with E-state index in [1.807, 2.05) is 0 Å². The van der Waals surface area contributed by atoms with Gasteiger partial charge in [0.1, 0.15) is 5.75 Å². The van der Waals surface area contributed by atoms with Gasteiger partial charge in [0.2, 0.25) is 0 Å². The molecule has 0 aromatic heterocycles. The van der Waals surface area contributed by atoms with Crippen LogP contribution in [0.1, 0.15) is 32.6 Å². The van der Waals surface area contributed by atoms with Crippen molar-refractivity contribution in [2.45, 2.75) is 44.8 Å². The van der Waals surface area contributed by atoms with Crippen LogP contribution in [-0.4, -0.2) is 23.0 Å². The molecule has 6 nitrogen and oxygen atoms in total. The standard InChI is InChI=1S/C14H18N2O4/c1-10(14(17)15-11-4-2-3-5-11)20-13-8-6-12(7-9-13)16(18)19/h6-11H,2-5H2,1H3,(H,15,17). The summed E-state index contributed by atoms with van der Waals surface area (Å²) in [6.07, 6.45) is 3.74. The zero-order valence-electron chi connectivity index (χ0n) is 11.4. The number of nitrogens with zero attached hydrogens (tertiary/aromatic N) is 1. The molecule has 0 saturated heterocycles. The summed E-state index contributed by atoms with van der Waals surface area (Å²) in [5, 5.41) is 13.5. The molecule has 0 radical (unpaired) electrons. The molecule has 1 aromatic rings. The van der Waals surface area contributed by atoms with Gasteiger partial charge in [-0.1, -0.05) is 12.8 Å². The van der Waals surface area contributed by atoms with Crippen molar-refractivity contribution >= 4 is 11.6 Å². The van der Waals surface area contributed by atoms with Crippen LogP contribution in [0.4, 0.5) is 5.69 Å². The van der Waals surface area contributed by atoms with E-state index in [4.69, 9.17) is 4.74 Å². The van der Waals surface area contributed by atoms with Gasteiger partial charge in [-0.15, -0.1) is 0 Å². The number of nitro groups is 1. The molecule has 1 aliphatic carbocycles. The number of ether oxygens (including phenoxy) is 1. The maximum Gasteiger partial charge on any atom is 0.269 e. The first-order valence-corrected chi connectivity index (χ1v) is 6.78. The number of benzene rings is 1. The number of amides is 1. The molecule has 6 heteroatoms. The highest BCUT2D eigenvalue weighted by Gasteiger charge is 2.21. The molecular formula is C14H18N2O4. The minimum atomic E-state index is -0.614. The van der Waals surface area contributed by atoms with Gasteiger partial charge in [0.25, 0.3) is 11.6 Å². The van der Waals surface area contributed by atoms with Crippen LogP contribution in [0.5, 0.6) is 5.75 Å². The highest BCUT2D eigenvalue weighted by atomic mass is 16.6. The molecule has 0 aliphatic heterocycles. The van der Waals surface area contributed by atoms with E-state index in [9.17, 15) is 14.9 Å². The molecule has 0 spiro atoms. The summed E-state index contributed by atoms with van der Waals surface area (Å²) in [5.41, 5.74) is 0.000380. The topological polar surface area (TPSA) is 81.5 Å². The Morgan fingerprint density at radius 3 is 2.50 bits per heavy atom. The summed E-state index contributed by atoms with van der Waals surface area (Å²) in [6.45, 7) is 1.67. The van der Waals surface area contributed by atoms with Crippen molar-refractivity contribution in [1.82, 2.24) is 5.32 Å². The van der Waals surface area contributed by atoms with Gasteiger partial charge in [-0.3, -0.25) is 14.9 Å². The lowest BCUT2D eigenvalue weighted by atomic mass is 10.2. The second kappa shape index (κ2) is 6.36. The summed E-state index contributed by atoms with van der Waals surface area (Å²) < 4.78 is 5.49. The quantitative estimate of drug-likeness (QED) is 0.662. The van der Waals surface area contributed by atoms with E-state index in [2.05, 4.69) is 5.32 Å². The molecule has 2 rings (SSSR count). The van der Waals surface area contributed by atoms with Gasteiger partial charge in [0.05, 0.1) is 4.92 Å². The largest absolute Gasteiger partial charge is 0.481 e. The number of non-ortho nitro benzene ring substituents is 1. The number of carbonyl (C=O) groups excluding carboxylic acids is 1. The zero-order chi connectivity index (χ0) is 14.5. The van der Waals surface area contributed by atoms with Crippen molar-refractivity contribution in [2.24, 2.45) is 0 Å². The predicted molar refractivity (Wildman–Crippen MR) is 73.6 cm³/mol. The third-order valence-electron chi connectivity index (χ3n) is 3.43. The maximum atomic E-state index is 11.9. The van der Waals surface area contributed by atoms with E-state index in [0.29, 0.717) is 5.75 Å². The molecule has 1 fully saturated rings. The van der Waals surface area contributed by atoms with Crippen LogP contribution in [0.25, 0.3) is 0 Å². The summed E-state index contributed by atoms with van der Waals surface area (Å²) in [6, 6.07) is 5.97. The highest BCUT2D eigenvalue weighted by molar-refractivity contribution is 5.81. The van der Waals surface area contributed by atoms with Crippen LogP contribution in [-0.2, 0) is 4.79 Å². The Balaban J connectivity index is 1.87. The summed E-state index contributed by atoms with van der Waals surface area (Å²) >= 11 is 0. The van der Waals surface area contributed by atoms with Gasteiger partial charge in [-0.25, -0.2) is 0 Å². The number of nitrogens with one attached hydrogen (secondary N) is 1. The monoisotopic (exact) mass is 278 g/mol. The summed E-state index contributed by atoms with van der Waals surface area (Å²) in [5.74, 6) is 0.305. The number of hydrogen-bond donors (Lipinski definition) is 1. The highest BCUT2D eigenvalue weighted by Crippen LogP contribution is 2.20. The Kier molecular flexibility index (Phi) is 4.55. The molecule has 1 atom stereocenters. The first-order chi connectivity index (χ1) is 9.56. The Morgan fingerprint density at radius 2 is 1.95 bits per heavy atom. The fourth-order valence-corrected chi connectivity index (χ4v) is 2.29. The van der Waals surface area contributed by atoms with Gasteiger partial charge < -0.3 is 10.1 Å². The fraction of sp³-hybridized carbons (Fsp3) is 0.500. The van der Waals surface area contributed by atoms with E-state index >= 15 is 0 Å². The molecule has 1 saturated carbocycles. The molecule has 1 N–H and O–H groups in total. The van der Waals surface area contributed by atoms with Crippen LogP contribution in [0, 0.1) is 10.1 Å². The Bertz CT molecular complexity index is 480. The molecule has 1 unspecified atom stereocenters. The second-order valence-corrected chi connectivity index (χ2v) is 5.00. The van der Waals surface area contributed by atoms with Crippen LogP contribution in [0.3, 0.4) is 0 Å². The van der Waals surface area contributed by atoms with E-state index in [1.165, 1.54) is 24.3 Å². The molecule has 1 amide bonds. The number of nitro benzene ring substituents is 1. The normalized spacial score (nSPS) is 16.6. The molecule has 108 valence electrons. The molecular weight excluding hydrogens is 260 g/mol. The Morgan fingerprint density at radius 1 is 1.35 bits per heavy atom. The van der Waals surface area contributed by atoms with Crippen molar-refractivity contribution in [1.29, 1.82) is 0 Å². The molecule has 1 aromatic carbocycles. The first-order valence-electron chi connectivity index (χ1n) is 6.78. The predicted octanol–water partition coefficient (Wildman–Crippen LogP) is 2.42. The van der Waals surface area contributed by atoms with Crippen LogP contribution >= 0.6 is 0 Å². The van der Waals surface area contributed by atoms with Crippen LogP contribution in [0.15, 0.2) is 24.3 Å². The third-order valence-corrected chi connectivity index (χ3v) is 3.43. The smallest absolute Gasteiger partial charge is 0.269 e. The Labute approximate surface area is 117 Å². The lowest BCUT2D eigenvalue weighted by Crippen LogP contribution is -2.41. The van der Waals surface area contributed by atoms with Crippen molar-refractivity contribution in [3.63, 3.8) is 0 Å². The summed E-state index contributed by atoms with van der Waals surface area (Å²) in [4.78, 5) is 22.0. The van der Waals surface area contributed by atoms with E-state index in [0.717, 1.165) is 25.7 Å². The number of rotatable bonds is 5. The fourth-order valence-electron chi connectivity index (χ4n) is 2.29. The lowest BCUT2D eigenvalue weighted by molar-refractivity contribution is -0.384. The second-order valence-electron chi connectivity index (χ2n) is 5.00. The van der Waals surface area contributed by atoms with Crippen LogP contribution < -0.4 is 10.1 Å². The zero-order valence-corrected chi connectivity index (χ0v) is 11.4. The molecule has 0 bridgehead atoms. The van der Waals surface area contributed by atoms with Gasteiger partial charge in [0.15, 0.2) is 6.10 Å². The van der Waals surface area contributed by atoms with E-state index in [1.54, 1.807) is 6.92 Å². The Hall–Kier alpha value is -2.11. The molecule has 0 heterocycles. The maximum absolute atomic E-state index is 11.9. The minimum absolute atomic E-state index is 0.000380. The van der Waals surface area contributed by atoms with Gasteiger partial charge in [0, 0.05) is 18.2 Å². The average molecular weight is 278 g/mol. The average Bonchev–Trinajstić information content (AvgIpc) is 2.92. The third kappa shape index (κ3) is 3.69. The van der Waals surface area contributed by atoms with Crippen molar-refractivity contribution in [2.75, 3.05) is 0 Å². The number of carbonyl (C=O) groups is 1. The molecule has 1 aliphatic rings. The molecule has 20 heavy (non-hydrogen) atoms. The van der Waals surface area contributed by atoms with Crippen LogP contribution in [0.2, 0.25) is 0 Å². The van der Waals surface area contributed by atoms with E-state index < -0.39 is 11.0 Å². The van der Waals surface area contributed by atoms with Gasteiger partial charge in [-0.05, 0) is 31.9 Å². The van der Waals surface area contributed by atoms with Gasteiger partial charge >= 0.3 is 0 Å². The minimum Gasteiger partial charge on any atom is -0.481 e. The van der Waals surface area contributed by atoms with Gasteiger partial charge in [-0.2, -0.15) is 0 Å². The van der Waals surface area contributed by atoms with Crippen molar-refractivity contribution in [3.05, 3.63) is 34.4 Å². The van der Waals surface area contributed by atoms with Crippen molar-refractivity contribution < 1.29 is 14.5 Å². The number of hydrogen-bond acceptors (Lipinski definition) is 4. The van der Waals surface area contributed by atoms with Crippen molar-refractivity contribution in [3.8, 4) is 5.75 Å².